The van der Waals surface area contributed by atoms with Crippen LogP contribution in [0.5, 0.6) is 5.75 Å². The molecule has 1 amide bonds. The van der Waals surface area contributed by atoms with Crippen molar-refractivity contribution >= 4 is 17.6 Å². The highest BCUT2D eigenvalue weighted by Gasteiger charge is 2.45. The van der Waals surface area contributed by atoms with Crippen molar-refractivity contribution in [1.29, 1.82) is 0 Å². The Labute approximate surface area is 181 Å². The largest absolute Gasteiger partial charge is 0.497 e. The van der Waals surface area contributed by atoms with Gasteiger partial charge in [-0.3, -0.25) is 4.79 Å². The maximum absolute atomic E-state index is 13.4. The van der Waals surface area contributed by atoms with Crippen LogP contribution < -0.4 is 10.1 Å². The van der Waals surface area contributed by atoms with Gasteiger partial charge in [0, 0.05) is 18.4 Å². The van der Waals surface area contributed by atoms with Crippen LogP contribution in [0.4, 0.5) is 5.69 Å². The molecule has 3 rings (SSSR count). The summed E-state index contributed by atoms with van der Waals surface area (Å²) >= 11 is 0. The fourth-order valence-electron chi connectivity index (χ4n) is 3.32. The summed E-state index contributed by atoms with van der Waals surface area (Å²) in [4.78, 5) is 25.8. The van der Waals surface area contributed by atoms with Crippen molar-refractivity contribution in [3.63, 3.8) is 0 Å². The quantitative estimate of drug-likeness (QED) is 0.527. The average molecular weight is 419 g/mol. The molecule has 0 unspecified atom stereocenters. The third-order valence-corrected chi connectivity index (χ3v) is 4.70. The third-order valence-electron chi connectivity index (χ3n) is 4.70. The first-order valence-electron chi connectivity index (χ1n) is 9.96. The first-order valence-corrected chi connectivity index (χ1v) is 9.96. The molecule has 6 heteroatoms. The van der Waals surface area contributed by atoms with Crippen LogP contribution in [-0.2, 0) is 24.7 Å². The smallest absolute Gasteiger partial charge is 0.348 e. The fraction of sp³-hybridized carbons (Fsp3) is 0.200. The van der Waals surface area contributed by atoms with E-state index in [-0.39, 0.29) is 6.61 Å². The predicted octanol–water partition coefficient (Wildman–Crippen LogP) is 4.16. The molecule has 0 fully saturated rings. The SMILES string of the molecule is CCOC(C(=O)OCC(=O)Nc1cccc(OC)c1)(c1ccccc1)c1ccccc1. The van der Waals surface area contributed by atoms with Gasteiger partial charge in [-0.2, -0.15) is 0 Å². The average Bonchev–Trinajstić information content (AvgIpc) is 2.82. The van der Waals surface area contributed by atoms with Gasteiger partial charge in [-0.25, -0.2) is 4.79 Å². The maximum atomic E-state index is 13.4. The standard InChI is InChI=1S/C25H25NO5/c1-3-31-25(19-11-6-4-7-12-19,20-13-8-5-9-14-20)24(28)30-18-23(27)26-21-15-10-16-22(17-21)29-2/h4-17H,3,18H2,1-2H3,(H,26,27). The summed E-state index contributed by atoms with van der Waals surface area (Å²) in [6.45, 7) is 1.63. The molecule has 3 aromatic rings. The number of nitrogens with one attached hydrogen (secondary N) is 1. The van der Waals surface area contributed by atoms with Gasteiger partial charge in [0.25, 0.3) is 5.91 Å². The minimum absolute atomic E-state index is 0.273. The zero-order valence-corrected chi connectivity index (χ0v) is 17.5. The molecule has 1 N–H and O–H groups in total. The Morgan fingerprint density at radius 3 is 2.03 bits per heavy atom. The highest BCUT2D eigenvalue weighted by atomic mass is 16.6. The van der Waals surface area contributed by atoms with E-state index in [0.717, 1.165) is 0 Å². The van der Waals surface area contributed by atoms with Crippen molar-refractivity contribution in [1.82, 2.24) is 0 Å². The molecule has 3 aromatic carbocycles. The predicted molar refractivity (Wildman–Crippen MR) is 118 cm³/mol. The lowest BCUT2D eigenvalue weighted by molar-refractivity contribution is -0.169. The topological polar surface area (TPSA) is 73.9 Å². The minimum Gasteiger partial charge on any atom is -0.497 e. The van der Waals surface area contributed by atoms with Crippen molar-refractivity contribution in [2.75, 3.05) is 25.6 Å². The number of hydrogen-bond donors (Lipinski definition) is 1. The van der Waals surface area contributed by atoms with Crippen molar-refractivity contribution in [3.8, 4) is 5.75 Å². The summed E-state index contributed by atoms with van der Waals surface area (Å²) in [6, 6.07) is 25.2. The van der Waals surface area contributed by atoms with E-state index in [1.807, 2.05) is 43.3 Å². The van der Waals surface area contributed by atoms with Crippen LogP contribution in [-0.4, -0.2) is 32.2 Å². The Kier molecular flexibility index (Phi) is 7.40. The van der Waals surface area contributed by atoms with E-state index in [1.54, 1.807) is 55.6 Å². The second-order valence-electron chi connectivity index (χ2n) is 6.70. The molecule has 0 aliphatic heterocycles. The van der Waals surface area contributed by atoms with E-state index in [2.05, 4.69) is 5.32 Å². The van der Waals surface area contributed by atoms with Crippen LogP contribution in [0.1, 0.15) is 18.1 Å². The monoisotopic (exact) mass is 419 g/mol. The first-order chi connectivity index (χ1) is 15.1. The van der Waals surface area contributed by atoms with Gasteiger partial charge >= 0.3 is 5.97 Å². The Morgan fingerprint density at radius 1 is 0.871 bits per heavy atom. The molecule has 160 valence electrons. The molecule has 0 heterocycles. The lowest BCUT2D eigenvalue weighted by atomic mass is 9.86. The van der Waals surface area contributed by atoms with Gasteiger partial charge in [0.2, 0.25) is 5.60 Å². The second-order valence-corrected chi connectivity index (χ2v) is 6.70. The first kappa shape index (κ1) is 22.1. The molecule has 6 nitrogen and oxygen atoms in total. The van der Waals surface area contributed by atoms with Crippen LogP contribution in [0, 0.1) is 0 Å². The zero-order chi connectivity index (χ0) is 22.1. The van der Waals surface area contributed by atoms with E-state index < -0.39 is 24.1 Å². The van der Waals surface area contributed by atoms with E-state index in [4.69, 9.17) is 14.2 Å². The Bertz CT molecular complexity index is 965. The van der Waals surface area contributed by atoms with Crippen LogP contribution in [0.3, 0.4) is 0 Å². The molecule has 0 spiro atoms. The van der Waals surface area contributed by atoms with Crippen LogP contribution in [0.2, 0.25) is 0 Å². The molecule has 0 aliphatic rings. The molecule has 0 atom stereocenters. The van der Waals surface area contributed by atoms with Gasteiger partial charge in [-0.1, -0.05) is 66.7 Å². The summed E-state index contributed by atoms with van der Waals surface area (Å²) in [5.74, 6) is -0.515. The summed E-state index contributed by atoms with van der Waals surface area (Å²) < 4.78 is 16.6. The van der Waals surface area contributed by atoms with Crippen LogP contribution in [0.15, 0.2) is 84.9 Å². The fourth-order valence-corrected chi connectivity index (χ4v) is 3.32. The highest BCUT2D eigenvalue weighted by molar-refractivity contribution is 5.94. The number of ether oxygens (including phenoxy) is 3. The number of carbonyl (C=O) groups excluding carboxylic acids is 2. The third kappa shape index (κ3) is 5.10. The normalized spacial score (nSPS) is 10.9. The molecule has 31 heavy (non-hydrogen) atoms. The Balaban J connectivity index is 1.82. The van der Waals surface area contributed by atoms with Gasteiger partial charge in [0.1, 0.15) is 5.75 Å². The summed E-state index contributed by atoms with van der Waals surface area (Å²) in [5.41, 5.74) is 0.318. The molecule has 0 aliphatic carbocycles. The molecule has 0 saturated carbocycles. The number of rotatable bonds is 9. The minimum atomic E-state index is -1.48. The maximum Gasteiger partial charge on any atom is 0.348 e. The number of amides is 1. The van der Waals surface area contributed by atoms with Crippen molar-refractivity contribution in [2.45, 2.75) is 12.5 Å². The number of carbonyl (C=O) groups is 2. The molecular formula is C25H25NO5. The van der Waals surface area contributed by atoms with Gasteiger partial charge in [0.15, 0.2) is 6.61 Å². The highest BCUT2D eigenvalue weighted by Crippen LogP contribution is 2.35. The summed E-state index contributed by atoms with van der Waals surface area (Å²) in [7, 11) is 1.54. The Hall–Kier alpha value is -3.64. The summed E-state index contributed by atoms with van der Waals surface area (Å²) in [6.07, 6.45) is 0. The molecule has 0 bridgehead atoms. The van der Waals surface area contributed by atoms with Crippen molar-refractivity contribution in [2.24, 2.45) is 0 Å². The number of benzene rings is 3. The Morgan fingerprint density at radius 2 is 1.48 bits per heavy atom. The van der Waals surface area contributed by atoms with E-state index in [0.29, 0.717) is 22.6 Å². The summed E-state index contributed by atoms with van der Waals surface area (Å²) in [5, 5.41) is 2.70. The zero-order valence-electron chi connectivity index (χ0n) is 17.5. The number of methoxy groups -OCH3 is 1. The molecular weight excluding hydrogens is 394 g/mol. The lowest BCUT2D eigenvalue weighted by Crippen LogP contribution is -2.42. The van der Waals surface area contributed by atoms with Gasteiger partial charge in [0.05, 0.1) is 7.11 Å². The molecule has 0 radical (unpaired) electrons. The van der Waals surface area contributed by atoms with Gasteiger partial charge in [-0.15, -0.1) is 0 Å². The van der Waals surface area contributed by atoms with Gasteiger partial charge < -0.3 is 19.5 Å². The lowest BCUT2D eigenvalue weighted by Gasteiger charge is -2.32. The van der Waals surface area contributed by atoms with E-state index in [9.17, 15) is 9.59 Å². The number of anilines is 1. The van der Waals surface area contributed by atoms with Crippen LogP contribution >= 0.6 is 0 Å². The number of esters is 1. The van der Waals surface area contributed by atoms with Crippen molar-refractivity contribution in [3.05, 3.63) is 96.1 Å². The van der Waals surface area contributed by atoms with Crippen molar-refractivity contribution < 1.29 is 23.8 Å². The van der Waals surface area contributed by atoms with E-state index in [1.165, 1.54) is 0 Å². The van der Waals surface area contributed by atoms with Crippen LogP contribution in [0.25, 0.3) is 0 Å². The molecule has 0 aromatic heterocycles. The molecule has 0 saturated heterocycles. The second kappa shape index (κ2) is 10.4. The van der Waals surface area contributed by atoms with Gasteiger partial charge in [-0.05, 0) is 30.2 Å². The number of hydrogen-bond acceptors (Lipinski definition) is 5. The van der Waals surface area contributed by atoms with E-state index >= 15 is 0 Å².